The lowest BCUT2D eigenvalue weighted by Crippen LogP contribution is -2.19. The number of rotatable bonds is 3. The van der Waals surface area contributed by atoms with Crippen molar-refractivity contribution in [2.75, 3.05) is 0 Å². The van der Waals surface area contributed by atoms with Crippen LogP contribution in [0.15, 0.2) is 48.5 Å². The molecule has 0 spiro atoms. The Labute approximate surface area is 128 Å². The van der Waals surface area contributed by atoms with Gasteiger partial charge >= 0.3 is 0 Å². The summed E-state index contributed by atoms with van der Waals surface area (Å²) in [6, 6.07) is 20.2. The van der Waals surface area contributed by atoms with E-state index in [0.29, 0.717) is 0 Å². The third-order valence-corrected chi connectivity index (χ3v) is 8.44. The molecule has 0 bridgehead atoms. The number of hydrogen-bond acceptors (Lipinski definition) is 0. The SMILES string of the molecule is CC[SiH]1CCC(c2ccc(-c3ccc(F)cc3)cc2)CC1. The van der Waals surface area contributed by atoms with Crippen molar-refractivity contribution in [3.63, 3.8) is 0 Å². The summed E-state index contributed by atoms with van der Waals surface area (Å²) < 4.78 is 13.0. The van der Waals surface area contributed by atoms with Crippen LogP contribution in [0.2, 0.25) is 18.1 Å². The second-order valence-electron chi connectivity index (χ2n) is 6.25. The van der Waals surface area contributed by atoms with Gasteiger partial charge in [0.05, 0.1) is 0 Å². The van der Waals surface area contributed by atoms with Crippen LogP contribution < -0.4 is 0 Å². The van der Waals surface area contributed by atoms with Crippen molar-refractivity contribution < 1.29 is 4.39 Å². The minimum atomic E-state index is -0.367. The molecule has 0 amide bonds. The predicted molar refractivity (Wildman–Crippen MR) is 91.1 cm³/mol. The van der Waals surface area contributed by atoms with Gasteiger partial charge in [0.1, 0.15) is 5.82 Å². The van der Waals surface area contributed by atoms with Gasteiger partial charge in [0.15, 0.2) is 0 Å². The maximum atomic E-state index is 13.0. The standard InChI is InChI=1S/C19H23FSi/c1-2-21-13-11-18(12-14-21)16-5-3-15(4-6-16)17-7-9-19(20)10-8-17/h3-10,18,21H,2,11-14H2,1H3. The third-order valence-electron chi connectivity index (χ3n) is 4.98. The summed E-state index contributed by atoms with van der Waals surface area (Å²) in [6.07, 6.45) is 2.78. The van der Waals surface area contributed by atoms with E-state index >= 15 is 0 Å². The lowest BCUT2D eigenvalue weighted by molar-refractivity contribution is 0.607. The highest BCUT2D eigenvalue weighted by atomic mass is 28.3. The quantitative estimate of drug-likeness (QED) is 0.645. The van der Waals surface area contributed by atoms with E-state index in [1.165, 1.54) is 54.2 Å². The lowest BCUT2D eigenvalue weighted by atomic mass is 9.92. The molecule has 0 saturated carbocycles. The van der Waals surface area contributed by atoms with Crippen molar-refractivity contribution in [1.29, 1.82) is 0 Å². The van der Waals surface area contributed by atoms with Gasteiger partial charge in [-0.15, -0.1) is 0 Å². The second kappa shape index (κ2) is 6.57. The van der Waals surface area contributed by atoms with Crippen molar-refractivity contribution >= 4 is 8.80 Å². The van der Waals surface area contributed by atoms with Gasteiger partial charge in [-0.2, -0.15) is 0 Å². The van der Waals surface area contributed by atoms with Crippen LogP contribution in [0.1, 0.15) is 31.2 Å². The highest BCUT2D eigenvalue weighted by molar-refractivity contribution is 6.58. The molecule has 1 fully saturated rings. The molecule has 0 unspecified atom stereocenters. The van der Waals surface area contributed by atoms with Gasteiger partial charge in [-0.1, -0.05) is 61.5 Å². The van der Waals surface area contributed by atoms with Gasteiger partial charge in [0, 0.05) is 8.80 Å². The smallest absolute Gasteiger partial charge is 0.123 e. The Morgan fingerprint density at radius 1 is 0.905 bits per heavy atom. The van der Waals surface area contributed by atoms with Crippen molar-refractivity contribution in [2.45, 2.75) is 43.8 Å². The fourth-order valence-electron chi connectivity index (χ4n) is 3.49. The first-order valence-corrected chi connectivity index (χ1v) is 10.6. The largest absolute Gasteiger partial charge is 0.207 e. The molecule has 3 rings (SSSR count). The normalized spacial score (nSPS) is 22.2. The maximum Gasteiger partial charge on any atom is 0.123 e. The summed E-state index contributed by atoms with van der Waals surface area (Å²) in [5.41, 5.74) is 3.75. The zero-order valence-corrected chi connectivity index (χ0v) is 13.8. The molecule has 0 aliphatic carbocycles. The van der Waals surface area contributed by atoms with Crippen molar-refractivity contribution in [3.05, 3.63) is 59.9 Å². The molecule has 1 aliphatic heterocycles. The minimum Gasteiger partial charge on any atom is -0.207 e. The molecule has 1 saturated heterocycles. The number of hydrogen-bond donors (Lipinski definition) is 0. The Morgan fingerprint density at radius 3 is 1.95 bits per heavy atom. The Bertz CT molecular complexity index is 566. The van der Waals surface area contributed by atoms with E-state index in [-0.39, 0.29) is 14.6 Å². The van der Waals surface area contributed by atoms with E-state index < -0.39 is 0 Å². The maximum absolute atomic E-state index is 13.0. The average Bonchev–Trinajstić information content (AvgIpc) is 2.56. The predicted octanol–water partition coefficient (Wildman–Crippen LogP) is 5.62. The molecule has 0 aromatic heterocycles. The zero-order valence-electron chi connectivity index (χ0n) is 12.7. The Balaban J connectivity index is 1.71. The summed E-state index contributed by atoms with van der Waals surface area (Å²) in [7, 11) is -0.367. The molecular weight excluding hydrogens is 275 g/mol. The van der Waals surface area contributed by atoms with Crippen LogP contribution in [0.3, 0.4) is 0 Å². The molecule has 0 N–H and O–H groups in total. The van der Waals surface area contributed by atoms with Crippen LogP contribution in [0, 0.1) is 5.82 Å². The van der Waals surface area contributed by atoms with E-state index in [9.17, 15) is 4.39 Å². The topological polar surface area (TPSA) is 0 Å². The van der Waals surface area contributed by atoms with Gasteiger partial charge in [0.25, 0.3) is 0 Å². The fraction of sp³-hybridized carbons (Fsp3) is 0.368. The second-order valence-corrected chi connectivity index (χ2v) is 9.96. The van der Waals surface area contributed by atoms with E-state index in [1.54, 1.807) is 0 Å². The monoisotopic (exact) mass is 298 g/mol. The van der Waals surface area contributed by atoms with Crippen LogP contribution in [0.4, 0.5) is 4.39 Å². The van der Waals surface area contributed by atoms with Gasteiger partial charge < -0.3 is 0 Å². The third kappa shape index (κ3) is 3.43. The minimum absolute atomic E-state index is 0.174. The Kier molecular flexibility index (Phi) is 4.54. The first-order valence-electron chi connectivity index (χ1n) is 8.12. The molecule has 110 valence electrons. The molecule has 0 nitrogen and oxygen atoms in total. The van der Waals surface area contributed by atoms with E-state index in [1.807, 2.05) is 12.1 Å². The zero-order chi connectivity index (χ0) is 14.7. The van der Waals surface area contributed by atoms with Crippen LogP contribution >= 0.6 is 0 Å². The van der Waals surface area contributed by atoms with Gasteiger partial charge in [0.2, 0.25) is 0 Å². The molecule has 2 aromatic carbocycles. The van der Waals surface area contributed by atoms with Crippen LogP contribution in [0.5, 0.6) is 0 Å². The summed E-state index contributed by atoms with van der Waals surface area (Å²) in [5.74, 6) is 0.592. The highest BCUT2D eigenvalue weighted by Crippen LogP contribution is 2.35. The first kappa shape index (κ1) is 14.5. The van der Waals surface area contributed by atoms with Gasteiger partial charge in [-0.3, -0.25) is 0 Å². The molecule has 2 aromatic rings. The van der Waals surface area contributed by atoms with E-state index in [2.05, 4.69) is 31.2 Å². The van der Waals surface area contributed by atoms with E-state index in [4.69, 9.17) is 0 Å². The first-order chi connectivity index (χ1) is 10.3. The summed E-state index contributed by atoms with van der Waals surface area (Å²) in [5, 5.41) is 0. The fourth-order valence-corrected chi connectivity index (χ4v) is 6.35. The highest BCUT2D eigenvalue weighted by Gasteiger charge is 2.21. The summed E-state index contributed by atoms with van der Waals surface area (Å²) in [4.78, 5) is 0. The van der Waals surface area contributed by atoms with Crippen LogP contribution in [-0.2, 0) is 0 Å². The van der Waals surface area contributed by atoms with Crippen molar-refractivity contribution in [2.24, 2.45) is 0 Å². The molecule has 0 atom stereocenters. The number of benzene rings is 2. The molecule has 21 heavy (non-hydrogen) atoms. The molecular formula is C19H23FSi. The van der Waals surface area contributed by atoms with Crippen LogP contribution in [0.25, 0.3) is 11.1 Å². The molecule has 0 radical (unpaired) electrons. The van der Waals surface area contributed by atoms with Gasteiger partial charge in [-0.05, 0) is 47.6 Å². The average molecular weight is 298 g/mol. The summed E-state index contributed by atoms with van der Waals surface area (Å²) in [6.45, 7) is 2.37. The van der Waals surface area contributed by atoms with Crippen molar-refractivity contribution in [3.8, 4) is 11.1 Å². The Hall–Kier alpha value is -1.41. The van der Waals surface area contributed by atoms with Crippen molar-refractivity contribution in [1.82, 2.24) is 0 Å². The molecule has 1 heterocycles. The Morgan fingerprint density at radius 2 is 1.43 bits per heavy atom. The summed E-state index contributed by atoms with van der Waals surface area (Å²) >= 11 is 0. The lowest BCUT2D eigenvalue weighted by Gasteiger charge is -2.27. The molecule has 1 aliphatic rings. The van der Waals surface area contributed by atoms with Crippen LogP contribution in [-0.4, -0.2) is 8.80 Å². The number of halogens is 1. The molecule has 2 heteroatoms. The van der Waals surface area contributed by atoms with Gasteiger partial charge in [-0.25, -0.2) is 4.39 Å². The van der Waals surface area contributed by atoms with E-state index in [0.717, 1.165) is 11.5 Å².